The van der Waals surface area contributed by atoms with Crippen LogP contribution in [0.5, 0.6) is 11.5 Å². The van der Waals surface area contributed by atoms with E-state index in [1.807, 2.05) is 26.0 Å². The standard InChI is InChI=1S/C20H22ClN3O2/c1-12-9-15(10-13(2)16(12)11-22)26-19-18(14-6-7-14)23-24(20(19)21)17-5-3-4-8-25-17/h9-10,14,17H,3-8H2,1-2H3. The topological polar surface area (TPSA) is 60.1 Å². The maximum atomic E-state index is 9.26. The van der Waals surface area contributed by atoms with Crippen LogP contribution in [0.1, 0.15) is 66.6 Å². The smallest absolute Gasteiger partial charge is 0.187 e. The second kappa shape index (κ2) is 6.94. The summed E-state index contributed by atoms with van der Waals surface area (Å²) in [5.74, 6) is 1.73. The zero-order chi connectivity index (χ0) is 18.3. The Morgan fingerprint density at radius 3 is 2.54 bits per heavy atom. The number of benzene rings is 1. The van der Waals surface area contributed by atoms with E-state index >= 15 is 0 Å². The normalized spacial score (nSPS) is 20.0. The lowest BCUT2D eigenvalue weighted by molar-refractivity contribution is -0.0395. The van der Waals surface area contributed by atoms with E-state index in [9.17, 15) is 5.26 Å². The monoisotopic (exact) mass is 371 g/mol. The number of halogens is 1. The van der Waals surface area contributed by atoms with E-state index in [1.54, 1.807) is 4.68 Å². The molecule has 1 atom stereocenters. The first-order valence-corrected chi connectivity index (χ1v) is 9.55. The van der Waals surface area contributed by atoms with Gasteiger partial charge in [-0.15, -0.1) is 0 Å². The highest BCUT2D eigenvalue weighted by atomic mass is 35.5. The summed E-state index contributed by atoms with van der Waals surface area (Å²) in [6, 6.07) is 6.00. The highest BCUT2D eigenvalue weighted by Crippen LogP contribution is 2.48. The average molecular weight is 372 g/mol. The molecule has 2 aliphatic rings. The van der Waals surface area contributed by atoms with Crippen molar-refractivity contribution in [2.24, 2.45) is 0 Å². The molecule has 0 spiro atoms. The van der Waals surface area contributed by atoms with Crippen molar-refractivity contribution in [3.8, 4) is 17.6 Å². The Balaban J connectivity index is 1.70. The van der Waals surface area contributed by atoms with Crippen LogP contribution in [0, 0.1) is 25.2 Å². The number of aromatic nitrogens is 2. The molecule has 0 amide bonds. The van der Waals surface area contributed by atoms with Crippen molar-refractivity contribution in [3.05, 3.63) is 39.7 Å². The molecule has 1 unspecified atom stereocenters. The third kappa shape index (κ3) is 3.20. The Bertz CT molecular complexity index is 851. The van der Waals surface area contributed by atoms with Crippen molar-refractivity contribution in [2.45, 2.75) is 58.1 Å². The molecule has 0 bridgehead atoms. The van der Waals surface area contributed by atoms with Crippen LogP contribution < -0.4 is 4.74 Å². The molecule has 5 nitrogen and oxygen atoms in total. The summed E-state index contributed by atoms with van der Waals surface area (Å²) in [5.41, 5.74) is 3.41. The lowest BCUT2D eigenvalue weighted by Crippen LogP contribution is -2.19. The predicted octanol–water partition coefficient (Wildman–Crippen LogP) is 5.39. The molecule has 2 aromatic rings. The van der Waals surface area contributed by atoms with Gasteiger partial charge in [0.2, 0.25) is 0 Å². The molecule has 2 fully saturated rings. The summed E-state index contributed by atoms with van der Waals surface area (Å²) in [6.45, 7) is 4.58. The Hall–Kier alpha value is -2.03. The molecular weight excluding hydrogens is 350 g/mol. The van der Waals surface area contributed by atoms with Gasteiger partial charge in [-0.1, -0.05) is 11.6 Å². The Kier molecular flexibility index (Phi) is 4.64. The molecule has 6 heteroatoms. The first-order valence-electron chi connectivity index (χ1n) is 9.17. The summed E-state index contributed by atoms with van der Waals surface area (Å²) in [4.78, 5) is 0. The summed E-state index contributed by atoms with van der Waals surface area (Å²) in [7, 11) is 0. The molecule has 136 valence electrons. The summed E-state index contributed by atoms with van der Waals surface area (Å²) in [5, 5.41) is 14.5. The molecule has 4 rings (SSSR count). The van der Waals surface area contributed by atoms with Crippen LogP contribution in [-0.4, -0.2) is 16.4 Å². The number of ether oxygens (including phenoxy) is 2. The Morgan fingerprint density at radius 1 is 1.23 bits per heavy atom. The molecule has 1 aromatic heterocycles. The van der Waals surface area contributed by atoms with E-state index < -0.39 is 0 Å². The van der Waals surface area contributed by atoms with Crippen molar-refractivity contribution in [1.29, 1.82) is 5.26 Å². The second-order valence-electron chi connectivity index (χ2n) is 7.19. The average Bonchev–Trinajstić information content (AvgIpc) is 3.42. The minimum Gasteiger partial charge on any atom is -0.452 e. The molecule has 2 heterocycles. The van der Waals surface area contributed by atoms with E-state index in [4.69, 9.17) is 26.2 Å². The van der Waals surface area contributed by atoms with Gasteiger partial charge in [0.25, 0.3) is 0 Å². The van der Waals surface area contributed by atoms with Crippen LogP contribution in [-0.2, 0) is 4.74 Å². The van der Waals surface area contributed by atoms with Gasteiger partial charge in [-0.3, -0.25) is 0 Å². The van der Waals surface area contributed by atoms with E-state index in [1.165, 1.54) is 0 Å². The fraction of sp³-hybridized carbons (Fsp3) is 0.500. The first-order chi connectivity index (χ1) is 12.6. The molecule has 1 aliphatic heterocycles. The fourth-order valence-corrected chi connectivity index (χ4v) is 3.80. The lowest BCUT2D eigenvalue weighted by atomic mass is 10.0. The first kappa shape index (κ1) is 17.4. The van der Waals surface area contributed by atoms with Crippen LogP contribution in [0.3, 0.4) is 0 Å². The number of hydrogen-bond acceptors (Lipinski definition) is 4. The van der Waals surface area contributed by atoms with Gasteiger partial charge in [0.15, 0.2) is 17.1 Å². The van der Waals surface area contributed by atoms with Crippen LogP contribution in [0.4, 0.5) is 0 Å². The van der Waals surface area contributed by atoms with Crippen molar-refractivity contribution in [3.63, 3.8) is 0 Å². The van der Waals surface area contributed by atoms with Gasteiger partial charge in [0.1, 0.15) is 11.4 Å². The van der Waals surface area contributed by atoms with Crippen LogP contribution in [0.2, 0.25) is 5.15 Å². The highest BCUT2D eigenvalue weighted by Gasteiger charge is 2.35. The summed E-state index contributed by atoms with van der Waals surface area (Å²) < 4.78 is 13.8. The van der Waals surface area contributed by atoms with E-state index in [0.29, 0.717) is 28.1 Å². The third-order valence-corrected chi connectivity index (χ3v) is 5.41. The molecule has 26 heavy (non-hydrogen) atoms. The van der Waals surface area contributed by atoms with Gasteiger partial charge >= 0.3 is 0 Å². The van der Waals surface area contributed by atoms with Crippen LogP contribution >= 0.6 is 11.6 Å². The number of nitrogens with zero attached hydrogens (tertiary/aromatic N) is 3. The lowest BCUT2D eigenvalue weighted by Gasteiger charge is -2.23. The molecule has 1 aliphatic carbocycles. The zero-order valence-corrected chi connectivity index (χ0v) is 15.8. The Morgan fingerprint density at radius 2 is 1.96 bits per heavy atom. The molecule has 0 N–H and O–H groups in total. The zero-order valence-electron chi connectivity index (χ0n) is 15.1. The van der Waals surface area contributed by atoms with Crippen molar-refractivity contribution in [1.82, 2.24) is 9.78 Å². The number of rotatable bonds is 4. The van der Waals surface area contributed by atoms with Gasteiger partial charge in [0, 0.05) is 12.5 Å². The van der Waals surface area contributed by atoms with Crippen molar-refractivity contribution in [2.75, 3.05) is 6.61 Å². The third-order valence-electron chi connectivity index (χ3n) is 5.07. The molecule has 0 radical (unpaired) electrons. The molecule has 1 aromatic carbocycles. The minimum absolute atomic E-state index is 0.115. The van der Waals surface area contributed by atoms with Gasteiger partial charge in [-0.25, -0.2) is 4.68 Å². The fourth-order valence-electron chi connectivity index (χ4n) is 3.52. The second-order valence-corrected chi connectivity index (χ2v) is 7.55. The van der Waals surface area contributed by atoms with E-state index in [0.717, 1.165) is 55.5 Å². The van der Waals surface area contributed by atoms with E-state index in [-0.39, 0.29) is 6.23 Å². The van der Waals surface area contributed by atoms with Gasteiger partial charge < -0.3 is 9.47 Å². The number of nitriles is 1. The number of aryl methyl sites for hydroxylation is 2. The SMILES string of the molecule is Cc1cc(Oc2c(C3CC3)nn(C3CCCCO3)c2Cl)cc(C)c1C#N. The highest BCUT2D eigenvalue weighted by molar-refractivity contribution is 6.31. The van der Waals surface area contributed by atoms with Gasteiger partial charge in [0.05, 0.1) is 11.6 Å². The van der Waals surface area contributed by atoms with Crippen LogP contribution in [0.25, 0.3) is 0 Å². The molecule has 1 saturated carbocycles. The summed E-state index contributed by atoms with van der Waals surface area (Å²) in [6.07, 6.45) is 5.22. The molecule has 1 saturated heterocycles. The van der Waals surface area contributed by atoms with Gasteiger partial charge in [-0.05, 0) is 69.2 Å². The summed E-state index contributed by atoms with van der Waals surface area (Å²) >= 11 is 6.67. The predicted molar refractivity (Wildman–Crippen MR) is 98.8 cm³/mol. The number of hydrogen-bond donors (Lipinski definition) is 0. The molecular formula is C20H22ClN3O2. The van der Waals surface area contributed by atoms with Crippen molar-refractivity contribution < 1.29 is 9.47 Å². The van der Waals surface area contributed by atoms with E-state index in [2.05, 4.69) is 6.07 Å². The Labute approximate surface area is 158 Å². The minimum atomic E-state index is -0.115. The maximum absolute atomic E-state index is 9.26. The largest absolute Gasteiger partial charge is 0.452 e. The van der Waals surface area contributed by atoms with Gasteiger partial charge in [-0.2, -0.15) is 10.4 Å². The maximum Gasteiger partial charge on any atom is 0.187 e. The van der Waals surface area contributed by atoms with Crippen LogP contribution in [0.15, 0.2) is 12.1 Å². The van der Waals surface area contributed by atoms with Crippen molar-refractivity contribution >= 4 is 11.6 Å². The quantitative estimate of drug-likeness (QED) is 0.722.